The van der Waals surface area contributed by atoms with Gasteiger partial charge in [0.25, 0.3) is 5.91 Å². The Morgan fingerprint density at radius 2 is 2.03 bits per heavy atom. The molecule has 0 saturated carbocycles. The van der Waals surface area contributed by atoms with Crippen LogP contribution in [0.4, 0.5) is 0 Å². The molecule has 1 aliphatic rings. The molecule has 1 aliphatic heterocycles. The highest BCUT2D eigenvalue weighted by atomic mass is 16.2. The summed E-state index contributed by atoms with van der Waals surface area (Å²) in [5, 5.41) is 7.22. The average Bonchev–Trinajstić information content (AvgIpc) is 3.31. The molecule has 2 atom stereocenters. The minimum atomic E-state index is -0.282. The normalized spacial score (nSPS) is 17.2. The summed E-state index contributed by atoms with van der Waals surface area (Å²) in [6.45, 7) is 3.35. The molecule has 31 heavy (non-hydrogen) atoms. The van der Waals surface area contributed by atoms with Gasteiger partial charge in [0.15, 0.2) is 0 Å². The highest BCUT2D eigenvalue weighted by molar-refractivity contribution is 5.95. The van der Waals surface area contributed by atoms with Gasteiger partial charge in [-0.1, -0.05) is 24.3 Å². The van der Waals surface area contributed by atoms with Crippen LogP contribution in [0.25, 0.3) is 0 Å². The van der Waals surface area contributed by atoms with Crippen molar-refractivity contribution in [2.75, 3.05) is 13.1 Å². The molecule has 1 aromatic carbocycles. The zero-order valence-electron chi connectivity index (χ0n) is 17.5. The van der Waals surface area contributed by atoms with E-state index in [2.05, 4.69) is 20.4 Å². The van der Waals surface area contributed by atoms with Crippen molar-refractivity contribution in [3.05, 3.63) is 78.1 Å². The van der Waals surface area contributed by atoms with Crippen LogP contribution in [0, 0.1) is 12.8 Å². The lowest BCUT2D eigenvalue weighted by Gasteiger charge is -2.37. The van der Waals surface area contributed by atoms with Crippen molar-refractivity contribution in [2.24, 2.45) is 5.92 Å². The van der Waals surface area contributed by atoms with Gasteiger partial charge < -0.3 is 10.2 Å². The Morgan fingerprint density at radius 3 is 2.77 bits per heavy atom. The van der Waals surface area contributed by atoms with Crippen LogP contribution < -0.4 is 5.32 Å². The van der Waals surface area contributed by atoms with E-state index in [0.29, 0.717) is 18.7 Å². The van der Waals surface area contributed by atoms with Crippen LogP contribution in [0.15, 0.2) is 61.3 Å². The number of piperidine rings is 1. The van der Waals surface area contributed by atoms with Gasteiger partial charge in [0.1, 0.15) is 19.2 Å². The summed E-state index contributed by atoms with van der Waals surface area (Å²) in [6, 6.07) is 13.0. The van der Waals surface area contributed by atoms with Crippen LogP contribution in [-0.2, 0) is 11.3 Å². The average molecular weight is 419 g/mol. The zero-order chi connectivity index (χ0) is 21.6. The molecular weight excluding hydrogens is 392 g/mol. The summed E-state index contributed by atoms with van der Waals surface area (Å²) in [5.41, 5.74) is 2.38. The van der Waals surface area contributed by atoms with Crippen molar-refractivity contribution in [1.82, 2.24) is 30.0 Å². The van der Waals surface area contributed by atoms with E-state index in [4.69, 9.17) is 0 Å². The molecule has 2 amide bonds. The number of aromatic nitrogens is 4. The zero-order valence-corrected chi connectivity index (χ0v) is 17.5. The Bertz CT molecular complexity index is 1020. The van der Waals surface area contributed by atoms with E-state index in [0.717, 1.165) is 24.1 Å². The lowest BCUT2D eigenvalue weighted by Crippen LogP contribution is -2.46. The van der Waals surface area contributed by atoms with Crippen LogP contribution in [0.3, 0.4) is 0 Å². The number of hydrogen-bond donors (Lipinski definition) is 1. The molecule has 8 nitrogen and oxygen atoms in total. The van der Waals surface area contributed by atoms with Crippen LogP contribution >= 0.6 is 0 Å². The molecule has 160 valence electrons. The van der Waals surface area contributed by atoms with Crippen molar-refractivity contribution in [1.29, 1.82) is 0 Å². The molecule has 8 heteroatoms. The van der Waals surface area contributed by atoms with Crippen LogP contribution in [0.5, 0.6) is 0 Å². The first-order valence-corrected chi connectivity index (χ1v) is 10.5. The lowest BCUT2D eigenvalue weighted by molar-refractivity contribution is -0.134. The number of likely N-dealkylation sites (tertiary alicyclic amines) is 1. The Labute approximate surface area is 181 Å². The number of nitrogens with one attached hydrogen (secondary N) is 1. The van der Waals surface area contributed by atoms with Crippen LogP contribution in [0.2, 0.25) is 0 Å². The van der Waals surface area contributed by atoms with E-state index in [1.807, 2.05) is 54.3 Å². The van der Waals surface area contributed by atoms with E-state index in [1.54, 1.807) is 12.5 Å². The molecule has 1 N–H and O–H groups in total. The van der Waals surface area contributed by atoms with E-state index < -0.39 is 0 Å². The first kappa shape index (κ1) is 20.7. The monoisotopic (exact) mass is 418 g/mol. The largest absolute Gasteiger partial charge is 0.343 e. The Hall–Kier alpha value is -3.55. The summed E-state index contributed by atoms with van der Waals surface area (Å²) in [6.07, 6.45) is 6.47. The molecule has 1 saturated heterocycles. The predicted molar refractivity (Wildman–Crippen MR) is 115 cm³/mol. The smallest absolute Gasteiger partial charge is 0.252 e. The van der Waals surface area contributed by atoms with Crippen LogP contribution in [0.1, 0.15) is 40.5 Å². The van der Waals surface area contributed by atoms with Gasteiger partial charge in [-0.2, -0.15) is 5.10 Å². The number of carbonyl (C=O) groups is 2. The maximum atomic E-state index is 13.1. The van der Waals surface area contributed by atoms with Gasteiger partial charge in [0.05, 0.1) is 11.7 Å². The fourth-order valence-electron chi connectivity index (χ4n) is 4.10. The SMILES string of the molecule is Cc1ccccc1C(=O)N[C@@H](c1ccccn1)[C@H]1CCCN(C(=O)Cn2cncn2)C1. The second-order valence-electron chi connectivity index (χ2n) is 7.86. The number of carbonyl (C=O) groups excluding carboxylic acids is 2. The maximum absolute atomic E-state index is 13.1. The van der Waals surface area contributed by atoms with E-state index in [-0.39, 0.29) is 30.3 Å². The van der Waals surface area contributed by atoms with Gasteiger partial charge in [-0.05, 0) is 43.5 Å². The number of aryl methyl sites for hydroxylation is 1. The third kappa shape index (κ3) is 4.96. The molecule has 3 heterocycles. The highest BCUT2D eigenvalue weighted by Gasteiger charge is 2.32. The quantitative estimate of drug-likeness (QED) is 0.664. The molecule has 2 aromatic heterocycles. The van der Waals surface area contributed by atoms with E-state index >= 15 is 0 Å². The Balaban J connectivity index is 1.53. The summed E-state index contributed by atoms with van der Waals surface area (Å²) < 4.78 is 1.53. The molecule has 0 bridgehead atoms. The van der Waals surface area contributed by atoms with Crippen molar-refractivity contribution in [3.63, 3.8) is 0 Å². The second kappa shape index (κ2) is 9.51. The Morgan fingerprint density at radius 1 is 1.19 bits per heavy atom. The number of rotatable bonds is 6. The fraction of sp³-hybridized carbons (Fsp3) is 0.348. The molecule has 1 fully saturated rings. The van der Waals surface area contributed by atoms with Gasteiger partial charge in [0, 0.05) is 30.8 Å². The van der Waals surface area contributed by atoms with Crippen molar-refractivity contribution in [3.8, 4) is 0 Å². The number of pyridine rings is 1. The summed E-state index contributed by atoms with van der Waals surface area (Å²) in [5.74, 6) is -0.0589. The first-order chi connectivity index (χ1) is 15.1. The summed E-state index contributed by atoms with van der Waals surface area (Å²) in [7, 11) is 0. The molecular formula is C23H26N6O2. The third-order valence-electron chi connectivity index (χ3n) is 5.73. The number of benzene rings is 1. The van der Waals surface area contributed by atoms with Gasteiger partial charge in [0.2, 0.25) is 5.91 Å². The predicted octanol–water partition coefficient (Wildman–Crippen LogP) is 2.39. The minimum absolute atomic E-state index is 0.000186. The van der Waals surface area contributed by atoms with E-state index in [1.165, 1.54) is 11.0 Å². The maximum Gasteiger partial charge on any atom is 0.252 e. The van der Waals surface area contributed by atoms with Gasteiger partial charge in [-0.25, -0.2) is 9.67 Å². The number of nitrogens with zero attached hydrogens (tertiary/aromatic N) is 5. The van der Waals surface area contributed by atoms with Crippen molar-refractivity contribution < 1.29 is 9.59 Å². The first-order valence-electron chi connectivity index (χ1n) is 10.5. The standard InChI is InChI=1S/C23H26N6O2/c1-17-7-2-3-9-19(17)23(31)27-22(20-10-4-5-11-25-20)18-8-6-12-28(13-18)21(30)14-29-16-24-15-26-29/h2-5,7,9-11,15-16,18,22H,6,8,12-14H2,1H3,(H,27,31)/t18-,22+/m0/s1. The minimum Gasteiger partial charge on any atom is -0.343 e. The third-order valence-corrected chi connectivity index (χ3v) is 5.73. The Kier molecular flexibility index (Phi) is 6.35. The second-order valence-corrected chi connectivity index (χ2v) is 7.86. The number of amides is 2. The molecule has 0 radical (unpaired) electrons. The summed E-state index contributed by atoms with van der Waals surface area (Å²) in [4.78, 5) is 36.1. The molecule has 4 rings (SSSR count). The molecule has 0 unspecified atom stereocenters. The number of hydrogen-bond acceptors (Lipinski definition) is 5. The van der Waals surface area contributed by atoms with E-state index in [9.17, 15) is 9.59 Å². The van der Waals surface area contributed by atoms with Gasteiger partial charge in [-0.15, -0.1) is 0 Å². The molecule has 3 aromatic rings. The van der Waals surface area contributed by atoms with Crippen LogP contribution in [-0.4, -0.2) is 49.6 Å². The fourth-order valence-corrected chi connectivity index (χ4v) is 4.10. The van der Waals surface area contributed by atoms with Gasteiger partial charge in [-0.3, -0.25) is 14.6 Å². The van der Waals surface area contributed by atoms with Crippen molar-refractivity contribution >= 4 is 11.8 Å². The van der Waals surface area contributed by atoms with Crippen molar-refractivity contribution in [2.45, 2.75) is 32.4 Å². The highest BCUT2D eigenvalue weighted by Crippen LogP contribution is 2.29. The van der Waals surface area contributed by atoms with Gasteiger partial charge >= 0.3 is 0 Å². The topological polar surface area (TPSA) is 93.0 Å². The summed E-state index contributed by atoms with van der Waals surface area (Å²) >= 11 is 0. The molecule has 0 spiro atoms. The molecule has 0 aliphatic carbocycles. The lowest BCUT2D eigenvalue weighted by atomic mass is 9.88.